The van der Waals surface area contributed by atoms with Crippen LogP contribution in [0.2, 0.25) is 0 Å². The third kappa shape index (κ3) is 0.867. The highest BCUT2D eigenvalue weighted by Gasteiger charge is 1.91. The van der Waals surface area contributed by atoms with E-state index in [1.807, 2.05) is 24.3 Å². The Morgan fingerprint density at radius 1 is 1.20 bits per heavy atom. The Kier molecular flexibility index (Phi) is 1.69. The van der Waals surface area contributed by atoms with Gasteiger partial charge >= 0.3 is 0 Å². The zero-order chi connectivity index (χ0) is 6.10. The third-order valence-corrected chi connectivity index (χ3v) is 1.24. The van der Waals surface area contributed by atoms with Gasteiger partial charge in [-0.2, -0.15) is 0 Å². The maximum absolute atomic E-state index is 5.01. The second-order valence-corrected chi connectivity index (χ2v) is 1.82. The minimum absolute atomic E-state index is 0. The van der Waals surface area contributed by atoms with Crippen LogP contribution in [0.25, 0.3) is 11.1 Å². The van der Waals surface area contributed by atoms with Crippen LogP contribution in [-0.4, -0.2) is 10.5 Å². The van der Waals surface area contributed by atoms with Crippen LogP contribution in [0.1, 0.15) is 0 Å². The third-order valence-electron chi connectivity index (χ3n) is 1.24. The maximum Gasteiger partial charge on any atom is 0.181 e. The molecule has 3 nitrogen and oxygen atoms in total. The van der Waals surface area contributed by atoms with Crippen molar-refractivity contribution in [3.8, 4) is 0 Å². The van der Waals surface area contributed by atoms with Crippen LogP contribution in [0.3, 0.4) is 0 Å². The lowest BCUT2D eigenvalue weighted by Crippen LogP contribution is -1.61. The van der Waals surface area contributed by atoms with Crippen LogP contribution in [0, 0.1) is 0 Å². The number of para-hydroxylation sites is 2. The van der Waals surface area contributed by atoms with E-state index in [1.165, 1.54) is 6.39 Å². The lowest BCUT2D eigenvalue weighted by Gasteiger charge is -1.79. The summed E-state index contributed by atoms with van der Waals surface area (Å²) in [4.78, 5) is 3.95. The summed E-state index contributed by atoms with van der Waals surface area (Å²) in [6.07, 6.45) is 1.45. The first-order valence-corrected chi connectivity index (χ1v) is 2.75. The van der Waals surface area contributed by atoms with E-state index in [0.29, 0.717) is 0 Å². The Hall–Kier alpha value is -1.35. The molecule has 0 bridgehead atoms. The molecule has 0 amide bonds. The van der Waals surface area contributed by atoms with Gasteiger partial charge in [0.2, 0.25) is 0 Å². The minimum atomic E-state index is 0. The van der Waals surface area contributed by atoms with E-state index in [-0.39, 0.29) is 5.48 Å². The molecule has 0 unspecified atom stereocenters. The largest absolute Gasteiger partial charge is 0.443 e. The number of benzene rings is 1. The number of hydrogen-bond acceptors (Lipinski definition) is 2. The second-order valence-electron chi connectivity index (χ2n) is 1.82. The lowest BCUT2D eigenvalue weighted by atomic mass is 10.3. The van der Waals surface area contributed by atoms with Gasteiger partial charge in [0, 0.05) is 0 Å². The van der Waals surface area contributed by atoms with Gasteiger partial charge in [0.05, 0.1) is 0 Å². The summed E-state index contributed by atoms with van der Waals surface area (Å²) >= 11 is 0. The van der Waals surface area contributed by atoms with Gasteiger partial charge in [-0.15, -0.1) is 0 Å². The predicted molar refractivity (Wildman–Crippen MR) is 37.6 cm³/mol. The van der Waals surface area contributed by atoms with Gasteiger partial charge < -0.3 is 9.89 Å². The molecule has 0 spiro atoms. The summed E-state index contributed by atoms with van der Waals surface area (Å²) in [5.74, 6) is 0. The average Bonchev–Trinajstić information content (AvgIpc) is 2.33. The number of hydrogen-bond donors (Lipinski definition) is 0. The Labute approximate surface area is 57.6 Å². The van der Waals surface area contributed by atoms with E-state index >= 15 is 0 Å². The van der Waals surface area contributed by atoms with Gasteiger partial charge in [0.25, 0.3) is 0 Å². The molecule has 52 valence electrons. The fourth-order valence-electron chi connectivity index (χ4n) is 0.803. The second kappa shape index (κ2) is 2.49. The molecule has 0 saturated carbocycles. The number of aromatic nitrogens is 1. The molecule has 1 aromatic carbocycles. The quantitative estimate of drug-likeness (QED) is 0.544. The summed E-state index contributed by atoms with van der Waals surface area (Å²) in [5, 5.41) is 0. The van der Waals surface area contributed by atoms with Gasteiger partial charge in [-0.25, -0.2) is 4.98 Å². The molecule has 2 aromatic rings. The van der Waals surface area contributed by atoms with Crippen molar-refractivity contribution in [2.75, 3.05) is 0 Å². The molecular weight excluding hydrogens is 130 g/mol. The molecule has 3 heteroatoms. The minimum Gasteiger partial charge on any atom is -0.443 e. The Bertz CT molecular complexity index is 286. The maximum atomic E-state index is 5.01. The monoisotopic (exact) mass is 137 g/mol. The van der Waals surface area contributed by atoms with Gasteiger partial charge in [-0.3, -0.25) is 0 Å². The number of rotatable bonds is 0. The molecule has 0 aliphatic heterocycles. The van der Waals surface area contributed by atoms with Crippen LogP contribution in [0.4, 0.5) is 0 Å². The molecule has 0 atom stereocenters. The normalized spacial score (nSPS) is 9.20. The standard InChI is InChI=1S/C7H5NO.H2O/c1-2-4-7-6(3-1)8-5-9-7;/h1-5H;1H2. The number of fused-ring (bicyclic) bond motifs is 1. The highest BCUT2D eigenvalue weighted by atomic mass is 16.3. The van der Waals surface area contributed by atoms with Gasteiger partial charge in [0.15, 0.2) is 12.0 Å². The first-order valence-electron chi connectivity index (χ1n) is 2.75. The van der Waals surface area contributed by atoms with Gasteiger partial charge in [-0.1, -0.05) is 12.1 Å². The molecule has 1 heterocycles. The molecule has 2 N–H and O–H groups in total. The average molecular weight is 137 g/mol. The van der Waals surface area contributed by atoms with Crippen molar-refractivity contribution in [2.45, 2.75) is 0 Å². The lowest BCUT2D eigenvalue weighted by molar-refractivity contribution is 0.602. The van der Waals surface area contributed by atoms with Crippen LogP contribution in [0.15, 0.2) is 35.1 Å². The molecule has 0 saturated heterocycles. The van der Waals surface area contributed by atoms with Crippen LogP contribution in [-0.2, 0) is 0 Å². The summed E-state index contributed by atoms with van der Waals surface area (Å²) < 4.78 is 5.01. The predicted octanol–water partition coefficient (Wildman–Crippen LogP) is 1.00. The molecule has 10 heavy (non-hydrogen) atoms. The van der Waals surface area contributed by atoms with Crippen molar-refractivity contribution >= 4 is 11.1 Å². The fraction of sp³-hybridized carbons (Fsp3) is 0. The van der Waals surface area contributed by atoms with E-state index in [0.717, 1.165) is 11.1 Å². The molecule has 0 aliphatic rings. The molecule has 0 fully saturated rings. The van der Waals surface area contributed by atoms with Crippen molar-refractivity contribution in [1.29, 1.82) is 0 Å². The molecular formula is C7H7NO2. The topological polar surface area (TPSA) is 57.5 Å². The van der Waals surface area contributed by atoms with Crippen molar-refractivity contribution in [3.05, 3.63) is 30.7 Å². The fourth-order valence-corrected chi connectivity index (χ4v) is 0.803. The Balaban J connectivity index is 0.000000500. The van der Waals surface area contributed by atoms with Crippen molar-refractivity contribution in [1.82, 2.24) is 4.98 Å². The van der Waals surface area contributed by atoms with Gasteiger partial charge in [-0.05, 0) is 12.1 Å². The smallest absolute Gasteiger partial charge is 0.181 e. The Morgan fingerprint density at radius 2 is 2.00 bits per heavy atom. The van der Waals surface area contributed by atoms with Crippen molar-refractivity contribution in [2.24, 2.45) is 0 Å². The zero-order valence-electron chi connectivity index (χ0n) is 5.24. The highest BCUT2D eigenvalue weighted by molar-refractivity contribution is 5.71. The number of oxazole rings is 1. The molecule has 2 rings (SSSR count). The molecule has 0 aliphatic carbocycles. The summed E-state index contributed by atoms with van der Waals surface area (Å²) in [6, 6.07) is 7.67. The van der Waals surface area contributed by atoms with Gasteiger partial charge in [0.1, 0.15) is 5.52 Å². The highest BCUT2D eigenvalue weighted by Crippen LogP contribution is 2.09. The summed E-state index contributed by atoms with van der Waals surface area (Å²) in [7, 11) is 0. The van der Waals surface area contributed by atoms with E-state index in [4.69, 9.17) is 4.42 Å². The SMILES string of the molecule is O.c1ccc2ocnc2c1. The van der Waals surface area contributed by atoms with E-state index in [9.17, 15) is 0 Å². The van der Waals surface area contributed by atoms with E-state index in [2.05, 4.69) is 4.98 Å². The van der Waals surface area contributed by atoms with Crippen LogP contribution in [0.5, 0.6) is 0 Å². The molecule has 0 radical (unpaired) electrons. The number of nitrogens with zero attached hydrogens (tertiary/aromatic N) is 1. The zero-order valence-corrected chi connectivity index (χ0v) is 5.24. The van der Waals surface area contributed by atoms with E-state index < -0.39 is 0 Å². The van der Waals surface area contributed by atoms with E-state index in [1.54, 1.807) is 0 Å². The Morgan fingerprint density at radius 3 is 2.80 bits per heavy atom. The summed E-state index contributed by atoms with van der Waals surface area (Å²) in [5.41, 5.74) is 1.76. The first-order chi connectivity index (χ1) is 4.47. The molecule has 1 aromatic heterocycles. The van der Waals surface area contributed by atoms with Crippen molar-refractivity contribution in [3.63, 3.8) is 0 Å². The van der Waals surface area contributed by atoms with Crippen molar-refractivity contribution < 1.29 is 9.89 Å². The first kappa shape index (κ1) is 6.77. The van der Waals surface area contributed by atoms with Crippen LogP contribution >= 0.6 is 0 Å². The van der Waals surface area contributed by atoms with Crippen LogP contribution < -0.4 is 0 Å². The summed E-state index contributed by atoms with van der Waals surface area (Å²) in [6.45, 7) is 0.